The van der Waals surface area contributed by atoms with Crippen LogP contribution in [0.3, 0.4) is 0 Å². The Morgan fingerprint density at radius 3 is 2.32 bits per heavy atom. The Kier molecular flexibility index (Phi) is 10.2. The van der Waals surface area contributed by atoms with Crippen molar-refractivity contribution in [2.24, 2.45) is 5.73 Å². The Bertz CT molecular complexity index is 577. The number of carboxylic acids is 1. The number of hydrogen-bond acceptors (Lipinski definition) is 8. The van der Waals surface area contributed by atoms with Crippen LogP contribution in [0.5, 0.6) is 0 Å². The number of aliphatic hydroxyl groups is 2. The van der Waals surface area contributed by atoms with E-state index in [4.69, 9.17) is 10.8 Å². The zero-order valence-corrected chi connectivity index (χ0v) is 16.5. The molecule has 7 N–H and O–H groups in total. The van der Waals surface area contributed by atoms with Crippen LogP contribution in [0, 0.1) is 0 Å². The van der Waals surface area contributed by atoms with E-state index in [9.17, 15) is 29.4 Å². The lowest BCUT2D eigenvalue weighted by atomic mass is 10.1. The van der Waals surface area contributed by atoms with E-state index in [0.717, 1.165) is 0 Å². The Morgan fingerprint density at radius 1 is 1.14 bits per heavy atom. The number of rotatable bonds is 11. The first-order valence-electron chi connectivity index (χ1n) is 8.87. The average molecular weight is 420 g/mol. The van der Waals surface area contributed by atoms with Crippen LogP contribution in [0.15, 0.2) is 0 Å². The van der Waals surface area contributed by atoms with Gasteiger partial charge in [0.15, 0.2) is 0 Å². The first kappa shape index (κ1) is 24.1. The molecular formula is C16H28N4O7S. The predicted molar refractivity (Wildman–Crippen MR) is 101 cm³/mol. The van der Waals surface area contributed by atoms with Crippen LogP contribution in [-0.2, 0) is 19.2 Å². The SMILES string of the molecule is CSCCC(NC(=O)C(CO)NC(=O)C(N)CO)C(=O)N1CCCC1C(=O)O. The first-order chi connectivity index (χ1) is 13.3. The van der Waals surface area contributed by atoms with Crippen molar-refractivity contribution in [1.29, 1.82) is 0 Å². The number of carbonyl (C=O) groups excluding carboxylic acids is 3. The third kappa shape index (κ3) is 6.62. The third-order valence-electron chi connectivity index (χ3n) is 4.40. The molecule has 4 atom stereocenters. The summed E-state index contributed by atoms with van der Waals surface area (Å²) in [6.45, 7) is -1.08. The Hall–Kier alpha value is -1.89. The van der Waals surface area contributed by atoms with Crippen molar-refractivity contribution in [3.63, 3.8) is 0 Å². The van der Waals surface area contributed by atoms with Gasteiger partial charge in [0.2, 0.25) is 17.7 Å². The molecule has 1 rings (SSSR count). The van der Waals surface area contributed by atoms with Crippen molar-refractivity contribution in [2.75, 3.05) is 31.8 Å². The molecule has 12 heteroatoms. The maximum Gasteiger partial charge on any atom is 0.326 e. The summed E-state index contributed by atoms with van der Waals surface area (Å²) in [6.07, 6.45) is 2.99. The molecule has 0 aliphatic carbocycles. The van der Waals surface area contributed by atoms with Crippen molar-refractivity contribution < 1.29 is 34.5 Å². The van der Waals surface area contributed by atoms with Gasteiger partial charge in [-0.25, -0.2) is 4.79 Å². The Labute approximate surface area is 167 Å². The summed E-state index contributed by atoms with van der Waals surface area (Å²) in [5.41, 5.74) is 5.37. The highest BCUT2D eigenvalue weighted by Gasteiger charge is 2.38. The van der Waals surface area contributed by atoms with E-state index in [1.807, 2.05) is 6.26 Å². The van der Waals surface area contributed by atoms with Crippen molar-refractivity contribution in [1.82, 2.24) is 15.5 Å². The summed E-state index contributed by atoms with van der Waals surface area (Å²) in [5.74, 6) is -2.70. The second-order valence-electron chi connectivity index (χ2n) is 6.40. The molecule has 1 aliphatic heterocycles. The summed E-state index contributed by atoms with van der Waals surface area (Å²) in [7, 11) is 0. The van der Waals surface area contributed by atoms with Crippen LogP contribution in [-0.4, -0.2) is 99.8 Å². The standard InChI is InChI=1S/C16H28N4O7S/c1-28-6-4-10(15(25)20-5-2-3-12(20)16(26)27)18-14(24)11(8-22)19-13(23)9(17)7-21/h9-12,21-22H,2-8,17H2,1H3,(H,18,24)(H,19,23)(H,26,27). The maximum absolute atomic E-state index is 12.8. The second kappa shape index (κ2) is 11.8. The molecule has 1 aliphatic rings. The molecule has 3 amide bonds. The molecule has 28 heavy (non-hydrogen) atoms. The molecular weight excluding hydrogens is 392 g/mol. The minimum atomic E-state index is -1.36. The van der Waals surface area contributed by atoms with Gasteiger partial charge in [-0.1, -0.05) is 0 Å². The number of carboxylic acid groups (broad SMARTS) is 1. The Morgan fingerprint density at radius 2 is 1.79 bits per heavy atom. The lowest BCUT2D eigenvalue weighted by molar-refractivity contribution is -0.149. The lowest BCUT2D eigenvalue weighted by Crippen LogP contribution is -2.58. The van der Waals surface area contributed by atoms with Crippen LogP contribution < -0.4 is 16.4 Å². The number of nitrogens with zero attached hydrogens (tertiary/aromatic N) is 1. The lowest BCUT2D eigenvalue weighted by Gasteiger charge is -2.28. The van der Waals surface area contributed by atoms with Crippen LogP contribution in [0.1, 0.15) is 19.3 Å². The highest BCUT2D eigenvalue weighted by molar-refractivity contribution is 7.98. The number of likely N-dealkylation sites (tertiary alicyclic amines) is 1. The van der Waals surface area contributed by atoms with E-state index in [1.54, 1.807) is 0 Å². The molecule has 4 unspecified atom stereocenters. The molecule has 0 aromatic carbocycles. The van der Waals surface area contributed by atoms with E-state index in [-0.39, 0.29) is 13.0 Å². The highest BCUT2D eigenvalue weighted by atomic mass is 32.2. The molecule has 160 valence electrons. The van der Waals surface area contributed by atoms with Gasteiger partial charge in [0.25, 0.3) is 0 Å². The van der Waals surface area contributed by atoms with E-state index in [0.29, 0.717) is 18.6 Å². The van der Waals surface area contributed by atoms with Gasteiger partial charge in [-0.05, 0) is 31.3 Å². The van der Waals surface area contributed by atoms with Crippen molar-refractivity contribution in [3.8, 4) is 0 Å². The smallest absolute Gasteiger partial charge is 0.326 e. The fourth-order valence-corrected chi connectivity index (χ4v) is 3.28. The van der Waals surface area contributed by atoms with Crippen molar-refractivity contribution >= 4 is 35.5 Å². The molecule has 1 heterocycles. The first-order valence-corrected chi connectivity index (χ1v) is 10.3. The molecule has 0 spiro atoms. The largest absolute Gasteiger partial charge is 0.480 e. The van der Waals surface area contributed by atoms with Crippen LogP contribution in [0.25, 0.3) is 0 Å². The van der Waals surface area contributed by atoms with Gasteiger partial charge in [-0.2, -0.15) is 11.8 Å². The normalized spacial score (nSPS) is 19.6. The fraction of sp³-hybridized carbons (Fsp3) is 0.750. The van der Waals surface area contributed by atoms with Gasteiger partial charge in [0.05, 0.1) is 13.2 Å². The molecule has 0 aromatic rings. The van der Waals surface area contributed by atoms with Gasteiger partial charge >= 0.3 is 5.97 Å². The fourth-order valence-electron chi connectivity index (χ4n) is 2.81. The minimum Gasteiger partial charge on any atom is -0.480 e. The Balaban J connectivity index is 2.85. The summed E-state index contributed by atoms with van der Waals surface area (Å²) in [6, 6.07) is -4.53. The second-order valence-corrected chi connectivity index (χ2v) is 7.39. The van der Waals surface area contributed by atoms with Gasteiger partial charge in [0.1, 0.15) is 24.2 Å². The number of amides is 3. The molecule has 0 saturated carbocycles. The van der Waals surface area contributed by atoms with Crippen LogP contribution in [0.4, 0.5) is 0 Å². The third-order valence-corrected chi connectivity index (χ3v) is 5.04. The molecule has 1 fully saturated rings. The minimum absolute atomic E-state index is 0.261. The molecule has 11 nitrogen and oxygen atoms in total. The van der Waals surface area contributed by atoms with Gasteiger partial charge < -0.3 is 36.6 Å². The van der Waals surface area contributed by atoms with E-state index in [2.05, 4.69) is 10.6 Å². The zero-order chi connectivity index (χ0) is 21.3. The average Bonchev–Trinajstić information content (AvgIpc) is 3.17. The number of nitrogens with one attached hydrogen (secondary N) is 2. The van der Waals surface area contributed by atoms with Gasteiger partial charge in [-0.3, -0.25) is 14.4 Å². The number of nitrogens with two attached hydrogens (primary N) is 1. The topological polar surface area (TPSA) is 182 Å². The number of hydrogen-bond donors (Lipinski definition) is 6. The van der Waals surface area contributed by atoms with Gasteiger partial charge in [-0.15, -0.1) is 0 Å². The number of aliphatic hydroxyl groups excluding tert-OH is 2. The highest BCUT2D eigenvalue weighted by Crippen LogP contribution is 2.19. The number of thioether (sulfide) groups is 1. The van der Waals surface area contributed by atoms with Crippen molar-refractivity contribution in [3.05, 3.63) is 0 Å². The van der Waals surface area contributed by atoms with Crippen molar-refractivity contribution in [2.45, 2.75) is 43.4 Å². The molecule has 0 bridgehead atoms. The number of carbonyl (C=O) groups is 4. The van der Waals surface area contributed by atoms with Crippen LogP contribution >= 0.6 is 11.8 Å². The summed E-state index contributed by atoms with van der Waals surface area (Å²) in [5, 5.41) is 32.2. The van der Waals surface area contributed by atoms with Crippen LogP contribution in [0.2, 0.25) is 0 Å². The molecule has 0 aromatic heterocycles. The maximum atomic E-state index is 12.8. The molecule has 1 saturated heterocycles. The molecule has 0 radical (unpaired) electrons. The summed E-state index contributed by atoms with van der Waals surface area (Å²) < 4.78 is 0. The summed E-state index contributed by atoms with van der Waals surface area (Å²) in [4.78, 5) is 49.6. The van der Waals surface area contributed by atoms with E-state index < -0.39 is 61.1 Å². The zero-order valence-electron chi connectivity index (χ0n) is 15.7. The van der Waals surface area contributed by atoms with E-state index in [1.165, 1.54) is 16.7 Å². The number of aliphatic carboxylic acids is 1. The van der Waals surface area contributed by atoms with E-state index >= 15 is 0 Å². The summed E-state index contributed by atoms with van der Waals surface area (Å²) >= 11 is 1.45. The van der Waals surface area contributed by atoms with Gasteiger partial charge in [0, 0.05) is 6.54 Å². The quantitative estimate of drug-likeness (QED) is 0.204. The monoisotopic (exact) mass is 420 g/mol. The predicted octanol–water partition coefficient (Wildman–Crippen LogP) is -2.90.